The van der Waals surface area contributed by atoms with Crippen LogP contribution in [-0.4, -0.2) is 42.7 Å². The summed E-state index contributed by atoms with van der Waals surface area (Å²) in [7, 11) is 3.71. The molecule has 0 aromatic carbocycles. The molecular formula is C16H27N3O. The zero-order valence-electron chi connectivity index (χ0n) is 13.1. The van der Waals surface area contributed by atoms with Crippen LogP contribution in [0.15, 0.2) is 18.3 Å². The summed E-state index contributed by atoms with van der Waals surface area (Å²) in [5, 5.41) is 3.45. The average molecular weight is 277 g/mol. The minimum Gasteiger partial charge on any atom is -0.495 e. The maximum absolute atomic E-state index is 5.49. The van der Waals surface area contributed by atoms with E-state index in [0.717, 1.165) is 11.4 Å². The summed E-state index contributed by atoms with van der Waals surface area (Å²) in [6.45, 7) is 6.93. The van der Waals surface area contributed by atoms with E-state index in [-0.39, 0.29) is 11.6 Å². The van der Waals surface area contributed by atoms with E-state index in [4.69, 9.17) is 4.74 Å². The number of nitrogens with one attached hydrogen (secondary N) is 1. The number of methoxy groups -OCH3 is 1. The molecule has 0 aliphatic carbocycles. The molecule has 1 aromatic heterocycles. The normalized spacial score (nSPS) is 18.8. The van der Waals surface area contributed by atoms with Gasteiger partial charge in [0.1, 0.15) is 11.4 Å². The molecule has 1 saturated heterocycles. The third-order valence-corrected chi connectivity index (χ3v) is 4.46. The molecule has 1 fully saturated rings. The van der Waals surface area contributed by atoms with Gasteiger partial charge in [0, 0.05) is 11.7 Å². The highest BCUT2D eigenvalue weighted by Crippen LogP contribution is 2.35. The number of ether oxygens (including phenoxy) is 1. The van der Waals surface area contributed by atoms with Crippen molar-refractivity contribution in [1.29, 1.82) is 0 Å². The fraction of sp³-hybridized carbons (Fsp3) is 0.688. The highest BCUT2D eigenvalue weighted by Gasteiger charge is 2.38. The van der Waals surface area contributed by atoms with Crippen LogP contribution in [0.3, 0.4) is 0 Å². The number of hydrogen-bond donors (Lipinski definition) is 1. The molecule has 0 radical (unpaired) electrons. The SMILES string of the molecule is CNC(c1ncccc1OC)C(C)(C)N1CCCCC1. The van der Waals surface area contributed by atoms with Crippen molar-refractivity contribution in [2.45, 2.75) is 44.7 Å². The highest BCUT2D eigenvalue weighted by atomic mass is 16.5. The van der Waals surface area contributed by atoms with Gasteiger partial charge in [0.15, 0.2) is 0 Å². The van der Waals surface area contributed by atoms with Crippen LogP contribution in [0.4, 0.5) is 0 Å². The van der Waals surface area contributed by atoms with Crippen LogP contribution >= 0.6 is 0 Å². The molecule has 1 aromatic rings. The first-order chi connectivity index (χ1) is 9.61. The van der Waals surface area contributed by atoms with Gasteiger partial charge >= 0.3 is 0 Å². The fourth-order valence-electron chi connectivity index (χ4n) is 3.27. The molecule has 2 heterocycles. The molecule has 0 amide bonds. The number of hydrogen-bond acceptors (Lipinski definition) is 4. The number of pyridine rings is 1. The molecule has 1 atom stereocenters. The lowest BCUT2D eigenvalue weighted by Gasteiger charge is -2.45. The molecule has 20 heavy (non-hydrogen) atoms. The Labute approximate surface area is 122 Å². The van der Waals surface area contributed by atoms with E-state index < -0.39 is 0 Å². The number of rotatable bonds is 5. The molecular weight excluding hydrogens is 250 g/mol. The average Bonchev–Trinajstić information content (AvgIpc) is 2.49. The van der Waals surface area contributed by atoms with Gasteiger partial charge in [-0.3, -0.25) is 9.88 Å². The topological polar surface area (TPSA) is 37.4 Å². The van der Waals surface area contributed by atoms with Gasteiger partial charge in [0.2, 0.25) is 0 Å². The van der Waals surface area contributed by atoms with Gasteiger partial charge in [-0.05, 0) is 59.0 Å². The van der Waals surface area contributed by atoms with Crippen LogP contribution < -0.4 is 10.1 Å². The van der Waals surface area contributed by atoms with Crippen molar-refractivity contribution in [3.8, 4) is 5.75 Å². The predicted molar refractivity (Wildman–Crippen MR) is 82.1 cm³/mol. The first-order valence-corrected chi connectivity index (χ1v) is 7.52. The number of piperidine rings is 1. The molecule has 4 heteroatoms. The minimum atomic E-state index is 0.0107. The lowest BCUT2D eigenvalue weighted by atomic mass is 9.87. The monoisotopic (exact) mass is 277 g/mol. The maximum Gasteiger partial charge on any atom is 0.142 e. The van der Waals surface area contributed by atoms with E-state index >= 15 is 0 Å². The van der Waals surface area contributed by atoms with Crippen molar-refractivity contribution in [2.24, 2.45) is 0 Å². The van der Waals surface area contributed by atoms with E-state index in [9.17, 15) is 0 Å². The summed E-state index contributed by atoms with van der Waals surface area (Å²) in [6, 6.07) is 4.05. The Morgan fingerprint density at radius 1 is 1.30 bits per heavy atom. The third kappa shape index (κ3) is 2.96. The summed E-state index contributed by atoms with van der Waals surface area (Å²) < 4.78 is 5.49. The Morgan fingerprint density at radius 3 is 2.60 bits per heavy atom. The van der Waals surface area contributed by atoms with Gasteiger partial charge in [-0.2, -0.15) is 0 Å². The number of aromatic nitrogens is 1. The van der Waals surface area contributed by atoms with Crippen LogP contribution in [0, 0.1) is 0 Å². The van der Waals surface area contributed by atoms with Gasteiger partial charge in [-0.15, -0.1) is 0 Å². The standard InChI is InChI=1S/C16H27N3O/c1-16(2,19-11-6-5-7-12-19)15(17-3)14-13(20-4)9-8-10-18-14/h8-10,15,17H,5-7,11-12H2,1-4H3. The van der Waals surface area contributed by atoms with Gasteiger partial charge in [-0.25, -0.2) is 0 Å². The predicted octanol–water partition coefficient (Wildman–Crippen LogP) is 2.62. The van der Waals surface area contributed by atoms with E-state index in [1.807, 2.05) is 25.4 Å². The Bertz CT molecular complexity index is 427. The number of likely N-dealkylation sites (tertiary alicyclic amines) is 1. The molecule has 1 aliphatic heterocycles. The lowest BCUT2D eigenvalue weighted by molar-refractivity contribution is 0.0611. The summed E-state index contributed by atoms with van der Waals surface area (Å²) >= 11 is 0. The molecule has 112 valence electrons. The highest BCUT2D eigenvalue weighted by molar-refractivity contribution is 5.31. The molecule has 1 N–H and O–H groups in total. The van der Waals surface area contributed by atoms with Crippen LogP contribution in [-0.2, 0) is 0 Å². The van der Waals surface area contributed by atoms with Gasteiger partial charge in [-0.1, -0.05) is 6.42 Å². The maximum atomic E-state index is 5.49. The van der Waals surface area contributed by atoms with Gasteiger partial charge in [0.25, 0.3) is 0 Å². The largest absolute Gasteiger partial charge is 0.495 e. The lowest BCUT2D eigenvalue weighted by Crippen LogP contribution is -2.54. The van der Waals surface area contributed by atoms with E-state index in [2.05, 4.69) is 29.0 Å². The summed E-state index contributed by atoms with van der Waals surface area (Å²) in [5.41, 5.74) is 1.00. The zero-order chi connectivity index (χ0) is 14.6. The van der Waals surface area contributed by atoms with E-state index in [1.165, 1.54) is 32.4 Å². The quantitative estimate of drug-likeness (QED) is 0.898. The van der Waals surface area contributed by atoms with Gasteiger partial charge < -0.3 is 10.1 Å². The first-order valence-electron chi connectivity index (χ1n) is 7.52. The smallest absolute Gasteiger partial charge is 0.142 e. The summed E-state index contributed by atoms with van der Waals surface area (Å²) in [5.74, 6) is 0.858. The second-order valence-electron chi connectivity index (χ2n) is 6.01. The second-order valence-corrected chi connectivity index (χ2v) is 6.01. The number of likely N-dealkylation sites (N-methyl/N-ethyl adjacent to an activating group) is 1. The van der Waals surface area contributed by atoms with Crippen molar-refractivity contribution in [1.82, 2.24) is 15.2 Å². The van der Waals surface area contributed by atoms with E-state index in [1.54, 1.807) is 7.11 Å². The third-order valence-electron chi connectivity index (χ3n) is 4.46. The molecule has 0 saturated carbocycles. The number of nitrogens with zero attached hydrogens (tertiary/aromatic N) is 2. The van der Waals surface area contributed by atoms with Crippen molar-refractivity contribution in [3.63, 3.8) is 0 Å². The zero-order valence-corrected chi connectivity index (χ0v) is 13.1. The van der Waals surface area contributed by atoms with Gasteiger partial charge in [0.05, 0.1) is 13.2 Å². The van der Waals surface area contributed by atoms with E-state index in [0.29, 0.717) is 0 Å². The Balaban J connectivity index is 2.30. The Hall–Kier alpha value is -1.13. The minimum absolute atomic E-state index is 0.0107. The fourth-order valence-corrected chi connectivity index (χ4v) is 3.27. The molecule has 0 bridgehead atoms. The molecule has 2 rings (SSSR count). The summed E-state index contributed by atoms with van der Waals surface area (Å²) in [4.78, 5) is 7.14. The van der Waals surface area contributed by atoms with Crippen molar-refractivity contribution in [2.75, 3.05) is 27.2 Å². The molecule has 4 nitrogen and oxygen atoms in total. The van der Waals surface area contributed by atoms with Crippen molar-refractivity contribution >= 4 is 0 Å². The van der Waals surface area contributed by atoms with Crippen molar-refractivity contribution in [3.05, 3.63) is 24.0 Å². The summed E-state index contributed by atoms with van der Waals surface area (Å²) in [6.07, 6.45) is 5.77. The van der Waals surface area contributed by atoms with Crippen molar-refractivity contribution < 1.29 is 4.74 Å². The molecule has 1 unspecified atom stereocenters. The molecule has 1 aliphatic rings. The van der Waals surface area contributed by atoms with Crippen LogP contribution in [0.25, 0.3) is 0 Å². The van der Waals surface area contributed by atoms with Crippen LogP contribution in [0.1, 0.15) is 44.8 Å². The Kier molecular flexibility index (Phi) is 5.00. The Morgan fingerprint density at radius 2 is 2.00 bits per heavy atom. The second kappa shape index (κ2) is 6.55. The first kappa shape index (κ1) is 15.3. The van der Waals surface area contributed by atoms with Crippen LogP contribution in [0.2, 0.25) is 0 Å². The van der Waals surface area contributed by atoms with Crippen LogP contribution in [0.5, 0.6) is 5.75 Å². The molecule has 0 spiro atoms.